The highest BCUT2D eigenvalue weighted by molar-refractivity contribution is 5.31. The fourth-order valence-corrected chi connectivity index (χ4v) is 2.81. The number of rotatable bonds is 6. The van der Waals surface area contributed by atoms with Crippen LogP contribution in [0.1, 0.15) is 25.7 Å². The number of halogens is 1. The van der Waals surface area contributed by atoms with Crippen molar-refractivity contribution < 1.29 is 14.2 Å². The van der Waals surface area contributed by atoms with Gasteiger partial charge in [-0.05, 0) is 43.0 Å². The molecule has 2 aromatic rings. The summed E-state index contributed by atoms with van der Waals surface area (Å²) in [6, 6.07) is 7.35. The summed E-state index contributed by atoms with van der Waals surface area (Å²) in [5.41, 5.74) is 0. The van der Waals surface area contributed by atoms with Crippen LogP contribution in [0.4, 0.5) is 10.3 Å². The average Bonchev–Trinajstić information content (AvgIpc) is 3.10. The fraction of sp³-hybridized carbons (Fsp3) is 0.412. The molecule has 1 atom stereocenters. The summed E-state index contributed by atoms with van der Waals surface area (Å²) in [4.78, 5) is 8.36. The lowest BCUT2D eigenvalue weighted by Gasteiger charge is -2.18. The molecule has 0 amide bonds. The predicted molar refractivity (Wildman–Crippen MR) is 85.0 cm³/mol. The van der Waals surface area contributed by atoms with Crippen molar-refractivity contribution in [2.24, 2.45) is 5.92 Å². The standard InChI is InChI=1S/C17H20FN3O2/c18-13-5-7-14(8-6-13)23-16-9-10-19-17(21-16)20-11-15(22)12-3-1-2-4-12/h5-10,12,15,22H,1-4,11H2,(H,19,20,21). The number of nitrogens with one attached hydrogen (secondary N) is 1. The van der Waals surface area contributed by atoms with Crippen LogP contribution in [0.5, 0.6) is 11.6 Å². The van der Waals surface area contributed by atoms with Crippen LogP contribution in [0.15, 0.2) is 36.5 Å². The van der Waals surface area contributed by atoms with Crippen LogP contribution < -0.4 is 10.1 Å². The Labute approximate surface area is 134 Å². The Kier molecular flexibility index (Phi) is 5.02. The highest BCUT2D eigenvalue weighted by atomic mass is 19.1. The zero-order valence-corrected chi connectivity index (χ0v) is 12.8. The topological polar surface area (TPSA) is 67.3 Å². The SMILES string of the molecule is OC(CNc1nccc(Oc2ccc(F)cc2)n1)C1CCCC1. The molecule has 0 aliphatic heterocycles. The first-order chi connectivity index (χ1) is 11.2. The Balaban J connectivity index is 1.57. The van der Waals surface area contributed by atoms with Gasteiger partial charge in [-0.3, -0.25) is 0 Å². The van der Waals surface area contributed by atoms with Gasteiger partial charge in [-0.2, -0.15) is 4.98 Å². The van der Waals surface area contributed by atoms with Gasteiger partial charge in [0.15, 0.2) is 0 Å². The Bertz CT molecular complexity index is 630. The smallest absolute Gasteiger partial charge is 0.226 e. The molecule has 1 fully saturated rings. The molecule has 6 heteroatoms. The molecular weight excluding hydrogens is 297 g/mol. The van der Waals surface area contributed by atoms with Crippen LogP contribution in [0, 0.1) is 11.7 Å². The number of anilines is 1. The summed E-state index contributed by atoms with van der Waals surface area (Å²) in [7, 11) is 0. The Hall–Kier alpha value is -2.21. The van der Waals surface area contributed by atoms with E-state index in [1.54, 1.807) is 12.3 Å². The Morgan fingerprint density at radius 3 is 2.70 bits per heavy atom. The zero-order valence-electron chi connectivity index (χ0n) is 12.8. The molecule has 3 rings (SSSR count). The normalized spacial score (nSPS) is 16.3. The van der Waals surface area contributed by atoms with Gasteiger partial charge in [0.05, 0.1) is 6.10 Å². The van der Waals surface area contributed by atoms with E-state index in [4.69, 9.17) is 4.74 Å². The maximum atomic E-state index is 12.9. The van der Waals surface area contributed by atoms with E-state index in [9.17, 15) is 9.50 Å². The number of nitrogens with zero attached hydrogens (tertiary/aromatic N) is 2. The van der Waals surface area contributed by atoms with Crippen LogP contribution in [0.2, 0.25) is 0 Å². The van der Waals surface area contributed by atoms with E-state index in [-0.39, 0.29) is 11.9 Å². The van der Waals surface area contributed by atoms with Crippen molar-refractivity contribution in [1.29, 1.82) is 0 Å². The van der Waals surface area contributed by atoms with Crippen LogP contribution in [0.25, 0.3) is 0 Å². The monoisotopic (exact) mass is 317 g/mol. The highest BCUT2D eigenvalue weighted by Gasteiger charge is 2.22. The van der Waals surface area contributed by atoms with Crippen molar-refractivity contribution in [1.82, 2.24) is 9.97 Å². The van der Waals surface area contributed by atoms with E-state index < -0.39 is 0 Å². The third-order valence-corrected chi connectivity index (χ3v) is 4.08. The van der Waals surface area contributed by atoms with Crippen LogP contribution in [-0.2, 0) is 0 Å². The van der Waals surface area contributed by atoms with Crippen LogP contribution in [-0.4, -0.2) is 27.7 Å². The number of hydrogen-bond donors (Lipinski definition) is 2. The molecule has 122 valence electrons. The predicted octanol–water partition coefficient (Wildman–Crippen LogP) is 3.37. The second-order valence-electron chi connectivity index (χ2n) is 5.77. The second-order valence-corrected chi connectivity index (χ2v) is 5.77. The van der Waals surface area contributed by atoms with Crippen molar-refractivity contribution in [3.05, 3.63) is 42.3 Å². The molecule has 0 saturated heterocycles. The summed E-state index contributed by atoms with van der Waals surface area (Å²) in [6.45, 7) is 0.421. The Morgan fingerprint density at radius 1 is 1.22 bits per heavy atom. The maximum Gasteiger partial charge on any atom is 0.226 e. The molecule has 2 N–H and O–H groups in total. The quantitative estimate of drug-likeness (QED) is 0.855. The molecule has 0 spiro atoms. The largest absolute Gasteiger partial charge is 0.439 e. The van der Waals surface area contributed by atoms with Gasteiger partial charge >= 0.3 is 0 Å². The van der Waals surface area contributed by atoms with Gasteiger partial charge in [0, 0.05) is 18.8 Å². The minimum atomic E-state index is -0.386. The summed E-state index contributed by atoms with van der Waals surface area (Å²) in [5.74, 6) is 1.32. The Morgan fingerprint density at radius 2 is 1.96 bits per heavy atom. The lowest BCUT2D eigenvalue weighted by molar-refractivity contribution is 0.122. The van der Waals surface area contributed by atoms with Crippen LogP contribution in [0.3, 0.4) is 0 Å². The molecule has 1 unspecified atom stereocenters. The van der Waals surface area contributed by atoms with Gasteiger partial charge in [0.25, 0.3) is 0 Å². The van der Waals surface area contributed by atoms with E-state index >= 15 is 0 Å². The molecule has 0 bridgehead atoms. The van der Waals surface area contributed by atoms with Crippen molar-refractivity contribution in [2.45, 2.75) is 31.8 Å². The number of hydrogen-bond acceptors (Lipinski definition) is 5. The first kappa shape index (κ1) is 15.7. The molecule has 23 heavy (non-hydrogen) atoms. The lowest BCUT2D eigenvalue weighted by Crippen LogP contribution is -2.27. The summed E-state index contributed by atoms with van der Waals surface area (Å²) in [6.07, 6.45) is 5.74. The minimum absolute atomic E-state index is 0.316. The summed E-state index contributed by atoms with van der Waals surface area (Å²) >= 11 is 0. The molecule has 1 aliphatic rings. The summed E-state index contributed by atoms with van der Waals surface area (Å²) in [5, 5.41) is 13.2. The van der Waals surface area contributed by atoms with E-state index in [0.717, 1.165) is 12.8 Å². The number of aromatic nitrogens is 2. The molecule has 1 heterocycles. The molecule has 1 saturated carbocycles. The number of aliphatic hydroxyl groups is 1. The average molecular weight is 317 g/mol. The third kappa shape index (κ3) is 4.39. The molecule has 1 aromatic heterocycles. The zero-order chi connectivity index (χ0) is 16.1. The minimum Gasteiger partial charge on any atom is -0.439 e. The first-order valence-corrected chi connectivity index (χ1v) is 7.89. The third-order valence-electron chi connectivity index (χ3n) is 4.08. The maximum absolute atomic E-state index is 12.9. The van der Waals surface area contributed by atoms with Crippen molar-refractivity contribution >= 4 is 5.95 Å². The number of benzene rings is 1. The molecule has 1 aromatic carbocycles. The first-order valence-electron chi connectivity index (χ1n) is 7.89. The molecular formula is C17H20FN3O2. The van der Waals surface area contributed by atoms with Gasteiger partial charge in [-0.25, -0.2) is 9.37 Å². The van der Waals surface area contributed by atoms with Gasteiger partial charge in [0.1, 0.15) is 11.6 Å². The van der Waals surface area contributed by atoms with E-state index in [1.807, 2.05) is 0 Å². The number of aliphatic hydroxyl groups excluding tert-OH is 1. The molecule has 0 radical (unpaired) electrons. The molecule has 5 nitrogen and oxygen atoms in total. The number of ether oxygens (including phenoxy) is 1. The van der Waals surface area contributed by atoms with Crippen molar-refractivity contribution in [3.8, 4) is 11.6 Å². The van der Waals surface area contributed by atoms with Crippen molar-refractivity contribution in [3.63, 3.8) is 0 Å². The summed E-state index contributed by atoms with van der Waals surface area (Å²) < 4.78 is 18.4. The van der Waals surface area contributed by atoms with Gasteiger partial charge in [-0.1, -0.05) is 12.8 Å². The fourth-order valence-electron chi connectivity index (χ4n) is 2.81. The van der Waals surface area contributed by atoms with E-state index in [1.165, 1.54) is 37.1 Å². The second kappa shape index (κ2) is 7.37. The van der Waals surface area contributed by atoms with Gasteiger partial charge in [-0.15, -0.1) is 0 Å². The van der Waals surface area contributed by atoms with Crippen LogP contribution >= 0.6 is 0 Å². The van der Waals surface area contributed by atoms with Gasteiger partial charge in [0.2, 0.25) is 11.8 Å². The van der Waals surface area contributed by atoms with Gasteiger partial charge < -0.3 is 15.2 Å². The van der Waals surface area contributed by atoms with E-state index in [0.29, 0.717) is 30.0 Å². The molecule has 1 aliphatic carbocycles. The highest BCUT2D eigenvalue weighted by Crippen LogP contribution is 2.27. The van der Waals surface area contributed by atoms with Crippen molar-refractivity contribution in [2.75, 3.05) is 11.9 Å². The van der Waals surface area contributed by atoms with E-state index in [2.05, 4.69) is 15.3 Å². The lowest BCUT2D eigenvalue weighted by atomic mass is 10.0.